The molecule has 5 nitrogen and oxygen atoms in total. The number of carbonyl (C=O) groups excluding carboxylic acids is 1. The summed E-state index contributed by atoms with van der Waals surface area (Å²) in [6.07, 6.45) is 3.04. The van der Waals surface area contributed by atoms with Gasteiger partial charge in [0.2, 0.25) is 0 Å². The predicted molar refractivity (Wildman–Crippen MR) is 72.8 cm³/mol. The van der Waals surface area contributed by atoms with E-state index in [-0.39, 0.29) is 5.91 Å². The molecule has 100 valence electrons. The zero-order valence-corrected chi connectivity index (χ0v) is 11.1. The van der Waals surface area contributed by atoms with Crippen LogP contribution in [0, 0.1) is 0 Å². The average molecular weight is 259 g/mol. The van der Waals surface area contributed by atoms with Crippen LogP contribution in [0.15, 0.2) is 41.3 Å². The van der Waals surface area contributed by atoms with Crippen molar-refractivity contribution < 1.29 is 9.21 Å². The second-order valence-electron chi connectivity index (χ2n) is 4.27. The summed E-state index contributed by atoms with van der Waals surface area (Å²) in [6.45, 7) is 1.46. The van der Waals surface area contributed by atoms with Gasteiger partial charge in [0.15, 0.2) is 12.2 Å². The molecule has 1 aromatic heterocycles. The fraction of sp³-hybridized carbons (Fsp3) is 0.286. The third-order valence-electron chi connectivity index (χ3n) is 2.89. The molecule has 19 heavy (non-hydrogen) atoms. The Balaban J connectivity index is 2.08. The summed E-state index contributed by atoms with van der Waals surface area (Å²) in [6, 6.07) is 7.32. The highest BCUT2D eigenvalue weighted by Gasteiger charge is 2.11. The normalized spacial score (nSPS) is 10.4. The lowest BCUT2D eigenvalue weighted by Gasteiger charge is -2.16. The van der Waals surface area contributed by atoms with Crippen molar-refractivity contribution in [1.82, 2.24) is 15.2 Å². The van der Waals surface area contributed by atoms with Crippen LogP contribution in [0.2, 0.25) is 0 Å². The number of carbonyl (C=O) groups is 1. The van der Waals surface area contributed by atoms with Crippen molar-refractivity contribution in [3.8, 4) is 11.3 Å². The van der Waals surface area contributed by atoms with Crippen LogP contribution >= 0.6 is 0 Å². The monoisotopic (exact) mass is 259 g/mol. The Hall–Kier alpha value is -2.14. The minimum absolute atomic E-state index is 0.0133. The van der Waals surface area contributed by atoms with Crippen molar-refractivity contribution in [2.75, 3.05) is 27.2 Å². The van der Waals surface area contributed by atoms with Gasteiger partial charge in [0.05, 0.1) is 6.20 Å². The molecule has 0 aliphatic carbocycles. The van der Waals surface area contributed by atoms with Crippen LogP contribution < -0.4 is 5.32 Å². The number of amides is 1. The summed E-state index contributed by atoms with van der Waals surface area (Å²) in [7, 11) is 3.66. The van der Waals surface area contributed by atoms with Gasteiger partial charge in [0.1, 0.15) is 0 Å². The minimum atomic E-state index is 0.0133. The smallest absolute Gasteiger partial charge is 0.253 e. The van der Waals surface area contributed by atoms with Crippen LogP contribution in [0.25, 0.3) is 11.3 Å². The average Bonchev–Trinajstić information content (AvgIpc) is 2.98. The topological polar surface area (TPSA) is 58.4 Å². The van der Waals surface area contributed by atoms with Crippen molar-refractivity contribution in [3.63, 3.8) is 0 Å². The summed E-state index contributed by atoms with van der Waals surface area (Å²) in [5, 5.41) is 3.02. The molecule has 5 heteroatoms. The first kappa shape index (κ1) is 13.3. The van der Waals surface area contributed by atoms with Gasteiger partial charge in [-0.15, -0.1) is 0 Å². The lowest BCUT2D eigenvalue weighted by atomic mass is 10.1. The van der Waals surface area contributed by atoms with Crippen LogP contribution in [0.4, 0.5) is 0 Å². The molecule has 0 radical (unpaired) electrons. The maximum atomic E-state index is 12.1. The van der Waals surface area contributed by atoms with E-state index >= 15 is 0 Å². The molecule has 0 bridgehead atoms. The lowest BCUT2D eigenvalue weighted by Crippen LogP contribution is -2.32. The van der Waals surface area contributed by atoms with Crippen molar-refractivity contribution in [2.45, 2.75) is 0 Å². The molecular weight excluding hydrogens is 242 g/mol. The first-order valence-corrected chi connectivity index (χ1v) is 6.11. The van der Waals surface area contributed by atoms with E-state index in [1.165, 1.54) is 6.39 Å². The Morgan fingerprint density at radius 3 is 2.68 bits per heavy atom. The van der Waals surface area contributed by atoms with Crippen LogP contribution in [0.1, 0.15) is 10.4 Å². The minimum Gasteiger partial charge on any atom is -0.444 e. The molecule has 0 saturated heterocycles. The summed E-state index contributed by atoms with van der Waals surface area (Å²) in [5.41, 5.74) is 1.58. The summed E-state index contributed by atoms with van der Waals surface area (Å²) < 4.78 is 5.21. The van der Waals surface area contributed by atoms with Crippen molar-refractivity contribution in [2.24, 2.45) is 0 Å². The van der Waals surface area contributed by atoms with Gasteiger partial charge in [-0.05, 0) is 19.2 Å². The molecule has 2 rings (SSSR count). The van der Waals surface area contributed by atoms with Gasteiger partial charge in [0.25, 0.3) is 5.91 Å². The van der Waals surface area contributed by atoms with E-state index < -0.39 is 0 Å². The number of hydrogen-bond acceptors (Lipinski definition) is 4. The predicted octanol–water partition coefficient (Wildman–Crippen LogP) is 1.63. The number of benzene rings is 1. The lowest BCUT2D eigenvalue weighted by molar-refractivity contribution is 0.0797. The molecule has 0 unspecified atom stereocenters. The molecule has 0 aliphatic heterocycles. The Labute approximate surface area is 112 Å². The number of aromatic nitrogens is 1. The second kappa shape index (κ2) is 6.15. The molecular formula is C14H17N3O2. The zero-order chi connectivity index (χ0) is 13.7. The summed E-state index contributed by atoms with van der Waals surface area (Å²) >= 11 is 0. The van der Waals surface area contributed by atoms with Crippen LogP contribution in [0.3, 0.4) is 0 Å². The summed E-state index contributed by atoms with van der Waals surface area (Å²) in [5.74, 6) is 0.710. The van der Waals surface area contributed by atoms with Crippen molar-refractivity contribution >= 4 is 5.91 Å². The Morgan fingerprint density at radius 1 is 1.37 bits per heavy atom. The van der Waals surface area contributed by atoms with Crippen LogP contribution in [-0.4, -0.2) is 43.0 Å². The maximum Gasteiger partial charge on any atom is 0.253 e. The number of hydrogen-bond donors (Lipinski definition) is 1. The number of nitrogens with one attached hydrogen (secondary N) is 1. The van der Waals surface area contributed by atoms with Gasteiger partial charge in [-0.2, -0.15) is 0 Å². The SMILES string of the molecule is CNCCN(C)C(=O)c1ccc(-c2cnco2)cc1. The number of oxazole rings is 1. The van der Waals surface area contributed by atoms with E-state index in [0.29, 0.717) is 17.9 Å². The van der Waals surface area contributed by atoms with Crippen LogP contribution in [-0.2, 0) is 0 Å². The number of rotatable bonds is 5. The number of likely N-dealkylation sites (N-methyl/N-ethyl adjacent to an activating group) is 2. The van der Waals surface area contributed by atoms with E-state index in [1.54, 1.807) is 30.3 Å². The highest BCUT2D eigenvalue weighted by molar-refractivity contribution is 5.94. The highest BCUT2D eigenvalue weighted by Crippen LogP contribution is 2.19. The molecule has 1 N–H and O–H groups in total. The second-order valence-corrected chi connectivity index (χ2v) is 4.27. The maximum absolute atomic E-state index is 12.1. The molecule has 0 aliphatic rings. The Morgan fingerprint density at radius 2 is 2.11 bits per heavy atom. The zero-order valence-electron chi connectivity index (χ0n) is 11.1. The third kappa shape index (κ3) is 3.20. The largest absolute Gasteiger partial charge is 0.444 e. The standard InChI is InChI=1S/C14H17N3O2/c1-15-7-8-17(2)14(18)12-5-3-11(4-6-12)13-9-16-10-19-13/h3-6,9-10,15H,7-8H2,1-2H3. The first-order chi connectivity index (χ1) is 9.22. The van der Waals surface area contributed by atoms with E-state index in [2.05, 4.69) is 10.3 Å². The fourth-order valence-corrected chi connectivity index (χ4v) is 1.74. The molecule has 1 amide bonds. The molecule has 1 heterocycles. The van der Waals surface area contributed by atoms with Gasteiger partial charge in [-0.3, -0.25) is 4.79 Å². The Bertz CT molecular complexity index is 520. The van der Waals surface area contributed by atoms with Crippen molar-refractivity contribution in [1.29, 1.82) is 0 Å². The van der Waals surface area contributed by atoms with Gasteiger partial charge in [0, 0.05) is 31.3 Å². The Kier molecular flexibility index (Phi) is 4.30. The van der Waals surface area contributed by atoms with Gasteiger partial charge in [-0.25, -0.2) is 4.98 Å². The highest BCUT2D eigenvalue weighted by atomic mass is 16.3. The van der Waals surface area contributed by atoms with Gasteiger partial charge >= 0.3 is 0 Å². The molecule has 0 atom stereocenters. The number of nitrogens with zero attached hydrogens (tertiary/aromatic N) is 2. The molecule has 2 aromatic rings. The van der Waals surface area contributed by atoms with Crippen LogP contribution in [0.5, 0.6) is 0 Å². The van der Waals surface area contributed by atoms with E-state index in [1.807, 2.05) is 19.2 Å². The first-order valence-electron chi connectivity index (χ1n) is 6.11. The van der Waals surface area contributed by atoms with E-state index in [9.17, 15) is 4.79 Å². The molecule has 0 saturated carbocycles. The van der Waals surface area contributed by atoms with Crippen molar-refractivity contribution in [3.05, 3.63) is 42.4 Å². The van der Waals surface area contributed by atoms with Gasteiger partial charge in [-0.1, -0.05) is 12.1 Å². The van der Waals surface area contributed by atoms with E-state index in [4.69, 9.17) is 4.42 Å². The molecule has 0 spiro atoms. The quantitative estimate of drug-likeness (QED) is 0.886. The molecule has 0 fully saturated rings. The van der Waals surface area contributed by atoms with E-state index in [0.717, 1.165) is 12.1 Å². The molecule has 1 aromatic carbocycles. The van der Waals surface area contributed by atoms with Gasteiger partial charge < -0.3 is 14.6 Å². The summed E-state index contributed by atoms with van der Waals surface area (Å²) in [4.78, 5) is 17.7. The fourth-order valence-electron chi connectivity index (χ4n) is 1.74. The third-order valence-corrected chi connectivity index (χ3v) is 2.89.